The van der Waals surface area contributed by atoms with Gasteiger partial charge in [-0.3, -0.25) is 4.79 Å². The summed E-state index contributed by atoms with van der Waals surface area (Å²) in [5.41, 5.74) is 0.440. The second-order valence-electron chi connectivity index (χ2n) is 10.1. The van der Waals surface area contributed by atoms with Crippen molar-refractivity contribution in [1.82, 2.24) is 10.2 Å². The van der Waals surface area contributed by atoms with Crippen LogP contribution in [0.3, 0.4) is 0 Å². The molecule has 2 unspecified atom stereocenters. The van der Waals surface area contributed by atoms with Crippen LogP contribution in [0.25, 0.3) is 10.1 Å². The molecule has 1 amide bonds. The molecule has 1 saturated heterocycles. The van der Waals surface area contributed by atoms with Gasteiger partial charge in [-0.15, -0.1) is 11.3 Å². The molecule has 2 heterocycles. The topological polar surface area (TPSA) is 61.8 Å². The number of likely N-dealkylation sites (tertiary alicyclic amines) is 1. The molecule has 3 aromatic rings. The van der Waals surface area contributed by atoms with Crippen molar-refractivity contribution in [2.24, 2.45) is 0 Å². The summed E-state index contributed by atoms with van der Waals surface area (Å²) in [5, 5.41) is 15.5. The van der Waals surface area contributed by atoms with Gasteiger partial charge in [0, 0.05) is 27.6 Å². The van der Waals surface area contributed by atoms with Crippen LogP contribution in [0.15, 0.2) is 42.5 Å². The zero-order chi connectivity index (χ0) is 26.9. The number of hydrogen-bond acceptors (Lipinski definition) is 5. The lowest BCUT2D eigenvalue weighted by molar-refractivity contribution is -0.148. The van der Waals surface area contributed by atoms with Gasteiger partial charge in [0.05, 0.1) is 17.2 Å². The first kappa shape index (κ1) is 27.6. The number of benzene rings is 2. The Balaban J connectivity index is 1.27. The SMILES string of the molecule is O=C(NC(CN1CCCC1)C(O)c1ccc(OC2CC2)c(Cl)c1)C(F)(F)CCc1cc2cc(Cl)ccc2s1. The first-order chi connectivity index (χ1) is 18.2. The van der Waals surface area contributed by atoms with Gasteiger partial charge >= 0.3 is 5.92 Å². The third kappa shape index (κ3) is 6.77. The molecule has 204 valence electrons. The lowest BCUT2D eigenvalue weighted by Crippen LogP contribution is -2.51. The van der Waals surface area contributed by atoms with Gasteiger partial charge in [0.15, 0.2) is 0 Å². The van der Waals surface area contributed by atoms with Crippen molar-refractivity contribution in [3.8, 4) is 5.75 Å². The first-order valence-electron chi connectivity index (χ1n) is 12.9. The quantitative estimate of drug-likeness (QED) is 0.266. The van der Waals surface area contributed by atoms with Crippen LogP contribution in [0.4, 0.5) is 8.78 Å². The second-order valence-corrected chi connectivity index (χ2v) is 12.2. The summed E-state index contributed by atoms with van der Waals surface area (Å²) in [5.74, 6) is -4.46. The molecule has 2 aliphatic rings. The van der Waals surface area contributed by atoms with Gasteiger partial charge in [-0.2, -0.15) is 8.78 Å². The molecule has 1 aliphatic carbocycles. The van der Waals surface area contributed by atoms with Crippen LogP contribution in [0, 0.1) is 0 Å². The van der Waals surface area contributed by atoms with Crippen molar-refractivity contribution in [2.75, 3.05) is 19.6 Å². The molecular formula is C28H30Cl2F2N2O3S. The second kappa shape index (κ2) is 11.6. The molecule has 0 bridgehead atoms. The number of amides is 1. The Hall–Kier alpha value is -1.97. The fourth-order valence-electron chi connectivity index (χ4n) is 4.72. The van der Waals surface area contributed by atoms with Gasteiger partial charge in [-0.05, 0) is 92.5 Å². The summed E-state index contributed by atoms with van der Waals surface area (Å²) in [6.45, 7) is 1.85. The van der Waals surface area contributed by atoms with E-state index in [2.05, 4.69) is 10.2 Å². The normalized spacial score (nSPS) is 18.0. The van der Waals surface area contributed by atoms with Crippen LogP contribution in [-0.4, -0.2) is 53.6 Å². The fourth-order valence-corrected chi connectivity index (χ4v) is 6.18. The number of rotatable bonds is 11. The van der Waals surface area contributed by atoms with Crippen molar-refractivity contribution < 1.29 is 23.4 Å². The number of aryl methyl sites for hydroxylation is 1. The van der Waals surface area contributed by atoms with Crippen molar-refractivity contribution in [3.63, 3.8) is 0 Å². The van der Waals surface area contributed by atoms with Crippen LogP contribution < -0.4 is 10.1 Å². The Labute approximate surface area is 234 Å². The van der Waals surface area contributed by atoms with E-state index in [1.54, 1.807) is 30.3 Å². The van der Waals surface area contributed by atoms with Crippen LogP contribution in [0.2, 0.25) is 10.0 Å². The van der Waals surface area contributed by atoms with Gasteiger partial charge in [-0.1, -0.05) is 29.3 Å². The van der Waals surface area contributed by atoms with Crippen molar-refractivity contribution in [3.05, 3.63) is 63.0 Å². The Kier molecular flexibility index (Phi) is 8.45. The van der Waals surface area contributed by atoms with Gasteiger partial charge in [-0.25, -0.2) is 0 Å². The minimum atomic E-state index is -3.60. The molecule has 2 fully saturated rings. The summed E-state index contributed by atoms with van der Waals surface area (Å²) in [6.07, 6.45) is 2.32. The number of aliphatic hydroxyl groups is 1. The van der Waals surface area contributed by atoms with Crippen LogP contribution >= 0.6 is 34.5 Å². The van der Waals surface area contributed by atoms with E-state index in [1.807, 2.05) is 12.1 Å². The standard InChI is InChI=1S/C28H30Cl2F2N2O3S/c29-19-4-8-25-18(13-19)14-21(38-25)9-10-28(31,32)27(36)33-23(16-34-11-1-2-12-34)26(35)17-3-7-24(22(30)15-17)37-20-5-6-20/h3-4,7-8,13-15,20,23,26,35H,1-2,5-6,9-12,16H2,(H,33,36). The number of carbonyl (C=O) groups excluding carboxylic acids is 1. The number of thiophene rings is 1. The number of ether oxygens (including phenoxy) is 1. The molecular weight excluding hydrogens is 553 g/mol. The summed E-state index contributed by atoms with van der Waals surface area (Å²) < 4.78 is 36.8. The van der Waals surface area contributed by atoms with Crippen LogP contribution in [0.5, 0.6) is 5.75 Å². The Bertz CT molecular complexity index is 1290. The largest absolute Gasteiger partial charge is 0.489 e. The maximum absolute atomic E-state index is 15.0. The molecule has 1 aromatic heterocycles. The van der Waals surface area contributed by atoms with Crippen molar-refractivity contribution in [2.45, 2.75) is 62.7 Å². The highest BCUT2D eigenvalue weighted by atomic mass is 35.5. The van der Waals surface area contributed by atoms with Crippen LogP contribution in [0.1, 0.15) is 48.6 Å². The predicted molar refractivity (Wildman–Crippen MR) is 148 cm³/mol. The summed E-state index contributed by atoms with van der Waals surface area (Å²) in [7, 11) is 0. The van der Waals surface area contributed by atoms with E-state index in [1.165, 1.54) is 11.3 Å². The van der Waals surface area contributed by atoms with E-state index in [-0.39, 0.29) is 19.1 Å². The number of alkyl halides is 2. The highest BCUT2D eigenvalue weighted by molar-refractivity contribution is 7.19. The smallest absolute Gasteiger partial charge is 0.324 e. The van der Waals surface area contributed by atoms with Gasteiger partial charge in [0.1, 0.15) is 11.9 Å². The number of nitrogens with zero attached hydrogens (tertiary/aromatic N) is 1. The van der Waals surface area contributed by atoms with E-state index in [0.29, 0.717) is 21.4 Å². The zero-order valence-electron chi connectivity index (χ0n) is 20.8. The molecule has 1 aliphatic heterocycles. The minimum Gasteiger partial charge on any atom is -0.489 e. The van der Waals surface area contributed by atoms with E-state index in [4.69, 9.17) is 27.9 Å². The average molecular weight is 584 g/mol. The molecule has 10 heteroatoms. The first-order valence-corrected chi connectivity index (χ1v) is 14.5. The summed E-state index contributed by atoms with van der Waals surface area (Å²) >= 11 is 13.8. The van der Waals surface area contributed by atoms with E-state index in [0.717, 1.165) is 53.7 Å². The molecule has 1 saturated carbocycles. The predicted octanol–water partition coefficient (Wildman–Crippen LogP) is 6.63. The summed E-state index contributed by atoms with van der Waals surface area (Å²) in [4.78, 5) is 15.6. The Morgan fingerprint density at radius 3 is 2.63 bits per heavy atom. The Morgan fingerprint density at radius 1 is 1.16 bits per heavy atom. The highest BCUT2D eigenvalue weighted by Gasteiger charge is 2.41. The molecule has 38 heavy (non-hydrogen) atoms. The number of aliphatic hydroxyl groups excluding tert-OH is 1. The number of hydrogen-bond donors (Lipinski definition) is 2. The number of fused-ring (bicyclic) bond motifs is 1. The molecule has 2 atom stereocenters. The maximum Gasteiger partial charge on any atom is 0.324 e. The summed E-state index contributed by atoms with van der Waals surface area (Å²) in [6, 6.07) is 11.3. The molecule has 2 aromatic carbocycles. The molecule has 5 rings (SSSR count). The Morgan fingerprint density at radius 2 is 1.92 bits per heavy atom. The third-order valence-electron chi connectivity index (χ3n) is 7.01. The third-order valence-corrected chi connectivity index (χ3v) is 8.72. The number of halogens is 4. The minimum absolute atomic E-state index is 0.0504. The van der Waals surface area contributed by atoms with E-state index in [9.17, 15) is 9.90 Å². The van der Waals surface area contributed by atoms with Crippen molar-refractivity contribution >= 4 is 50.5 Å². The highest BCUT2D eigenvalue weighted by Crippen LogP contribution is 2.35. The lowest BCUT2D eigenvalue weighted by atomic mass is 10.0. The van der Waals surface area contributed by atoms with Gasteiger partial charge in [0.25, 0.3) is 5.91 Å². The number of nitrogens with one attached hydrogen (secondary N) is 1. The molecule has 5 nitrogen and oxygen atoms in total. The number of carbonyl (C=O) groups is 1. The zero-order valence-corrected chi connectivity index (χ0v) is 23.1. The molecule has 0 spiro atoms. The lowest BCUT2D eigenvalue weighted by Gasteiger charge is -2.30. The van der Waals surface area contributed by atoms with Crippen molar-refractivity contribution in [1.29, 1.82) is 0 Å². The van der Waals surface area contributed by atoms with Gasteiger partial charge in [0.2, 0.25) is 0 Å². The van der Waals surface area contributed by atoms with E-state index < -0.39 is 30.4 Å². The molecule has 2 N–H and O–H groups in total. The molecule has 0 radical (unpaired) electrons. The average Bonchev–Trinajstić information content (AvgIpc) is 3.37. The van der Waals surface area contributed by atoms with Crippen LogP contribution in [-0.2, 0) is 11.2 Å². The monoisotopic (exact) mass is 582 g/mol. The van der Waals surface area contributed by atoms with E-state index >= 15 is 8.78 Å². The maximum atomic E-state index is 15.0. The fraction of sp³-hybridized carbons (Fsp3) is 0.464. The van der Waals surface area contributed by atoms with Gasteiger partial charge < -0.3 is 20.1 Å².